The summed E-state index contributed by atoms with van der Waals surface area (Å²) in [6.45, 7) is 2.14. The molecule has 0 saturated carbocycles. The minimum Gasteiger partial charge on any atom is -0.350 e. The normalized spacial score (nSPS) is 10.7. The van der Waals surface area contributed by atoms with Crippen molar-refractivity contribution in [1.82, 2.24) is 4.98 Å². The number of hydrogen-bond acceptors (Lipinski definition) is 0. The number of halogens is 1. The third-order valence-corrected chi connectivity index (χ3v) is 2.98. The minimum absolute atomic E-state index is 1.23. The summed E-state index contributed by atoms with van der Waals surface area (Å²) in [6, 6.07) is 8.36. The molecule has 0 amide bonds. The van der Waals surface area contributed by atoms with E-state index in [4.69, 9.17) is 0 Å². The van der Waals surface area contributed by atoms with E-state index in [0.29, 0.717) is 0 Å². The third-order valence-electron chi connectivity index (χ3n) is 1.90. The highest BCUT2D eigenvalue weighted by Gasteiger charge is 2.01. The van der Waals surface area contributed by atoms with Gasteiger partial charge in [0.25, 0.3) is 0 Å². The fourth-order valence-corrected chi connectivity index (χ4v) is 1.83. The summed E-state index contributed by atoms with van der Waals surface area (Å²) in [7, 11) is 0. The number of benzene rings is 1. The maximum atomic E-state index is 3.31. The predicted octanol–water partition coefficient (Wildman–Crippen LogP) is 3.08. The van der Waals surface area contributed by atoms with Crippen LogP contribution in [-0.4, -0.2) is 4.98 Å². The number of H-pyrrole nitrogens is 1. The minimum atomic E-state index is 1.23. The number of aromatic nitrogens is 1. The van der Waals surface area contributed by atoms with Gasteiger partial charge in [0, 0.05) is 10.9 Å². The zero-order valence-electron chi connectivity index (χ0n) is 6.19. The van der Waals surface area contributed by atoms with E-state index in [-0.39, 0.29) is 0 Å². The van der Waals surface area contributed by atoms with Crippen LogP contribution in [0.1, 0.15) is 5.56 Å². The molecule has 2 heteroatoms. The van der Waals surface area contributed by atoms with Gasteiger partial charge in [-0.3, -0.25) is 0 Å². The lowest BCUT2D eigenvalue weighted by Gasteiger charge is -1.87. The van der Waals surface area contributed by atoms with Crippen LogP contribution in [-0.2, 0) is 0 Å². The van der Waals surface area contributed by atoms with Gasteiger partial charge >= 0.3 is 0 Å². The van der Waals surface area contributed by atoms with Gasteiger partial charge in [0.15, 0.2) is 0 Å². The molecule has 1 N–H and O–H groups in total. The van der Waals surface area contributed by atoms with Crippen LogP contribution in [0.15, 0.2) is 24.3 Å². The first-order valence-electron chi connectivity index (χ1n) is 3.52. The van der Waals surface area contributed by atoms with Gasteiger partial charge < -0.3 is 4.98 Å². The number of para-hydroxylation sites is 1. The van der Waals surface area contributed by atoms with Crippen molar-refractivity contribution in [3.63, 3.8) is 0 Å². The number of aryl methyl sites for hydroxylation is 1. The lowest BCUT2D eigenvalue weighted by molar-refractivity contribution is 1.35. The SMILES string of the molecule is Cc1c(I)[nH]c2ccccc12. The van der Waals surface area contributed by atoms with Crippen molar-refractivity contribution in [2.75, 3.05) is 0 Å². The summed E-state index contributed by atoms with van der Waals surface area (Å²) in [4.78, 5) is 3.31. The van der Waals surface area contributed by atoms with E-state index in [0.717, 1.165) is 0 Å². The molecular weight excluding hydrogens is 249 g/mol. The van der Waals surface area contributed by atoms with Crippen molar-refractivity contribution < 1.29 is 0 Å². The summed E-state index contributed by atoms with van der Waals surface area (Å²) in [6.07, 6.45) is 0. The molecular formula is C9H8IN. The van der Waals surface area contributed by atoms with Gasteiger partial charge in [-0.05, 0) is 41.1 Å². The van der Waals surface area contributed by atoms with E-state index in [1.165, 1.54) is 20.2 Å². The van der Waals surface area contributed by atoms with Crippen LogP contribution in [0.2, 0.25) is 0 Å². The lowest BCUT2D eigenvalue weighted by Crippen LogP contribution is -1.69. The molecule has 0 unspecified atom stereocenters. The number of fused-ring (bicyclic) bond motifs is 1. The Bertz CT molecular complexity index is 389. The molecule has 0 aliphatic carbocycles. The van der Waals surface area contributed by atoms with Crippen LogP contribution in [0.3, 0.4) is 0 Å². The first kappa shape index (κ1) is 7.16. The summed E-state index contributed by atoms with van der Waals surface area (Å²) in [5.41, 5.74) is 2.58. The van der Waals surface area contributed by atoms with E-state index in [1.807, 2.05) is 6.07 Å². The van der Waals surface area contributed by atoms with E-state index in [9.17, 15) is 0 Å². The third kappa shape index (κ3) is 1.05. The van der Waals surface area contributed by atoms with Crippen LogP contribution in [0, 0.1) is 10.6 Å². The zero-order chi connectivity index (χ0) is 7.84. The molecule has 0 spiro atoms. The molecule has 11 heavy (non-hydrogen) atoms. The Kier molecular flexibility index (Phi) is 1.64. The highest BCUT2D eigenvalue weighted by molar-refractivity contribution is 14.1. The summed E-state index contributed by atoms with van der Waals surface area (Å²) in [5.74, 6) is 0. The van der Waals surface area contributed by atoms with Crippen molar-refractivity contribution >= 4 is 33.5 Å². The van der Waals surface area contributed by atoms with Crippen molar-refractivity contribution in [2.24, 2.45) is 0 Å². The average Bonchev–Trinajstić information content (AvgIpc) is 2.30. The topological polar surface area (TPSA) is 15.8 Å². The van der Waals surface area contributed by atoms with E-state index < -0.39 is 0 Å². The Balaban J connectivity index is 2.92. The monoisotopic (exact) mass is 257 g/mol. The van der Waals surface area contributed by atoms with Crippen LogP contribution in [0.4, 0.5) is 0 Å². The smallest absolute Gasteiger partial charge is 0.0812 e. The van der Waals surface area contributed by atoms with E-state index >= 15 is 0 Å². The predicted molar refractivity (Wildman–Crippen MR) is 55.8 cm³/mol. The number of hydrogen-bond donors (Lipinski definition) is 1. The number of aromatic amines is 1. The van der Waals surface area contributed by atoms with Crippen LogP contribution in [0.25, 0.3) is 10.9 Å². The maximum Gasteiger partial charge on any atom is 0.0812 e. The molecule has 2 rings (SSSR count). The fraction of sp³-hybridized carbons (Fsp3) is 0.111. The van der Waals surface area contributed by atoms with Gasteiger partial charge in [0.2, 0.25) is 0 Å². The number of nitrogens with one attached hydrogen (secondary N) is 1. The molecule has 56 valence electrons. The molecule has 0 saturated heterocycles. The highest BCUT2D eigenvalue weighted by Crippen LogP contribution is 2.21. The standard InChI is InChI=1S/C9H8IN/c1-6-7-4-2-3-5-8(7)11-9(6)10/h2-5,11H,1H3. The molecule has 1 heterocycles. The Hall–Kier alpha value is -0.510. The van der Waals surface area contributed by atoms with Crippen LogP contribution >= 0.6 is 22.6 Å². The zero-order valence-corrected chi connectivity index (χ0v) is 8.34. The van der Waals surface area contributed by atoms with Crippen molar-refractivity contribution in [1.29, 1.82) is 0 Å². The summed E-state index contributed by atoms with van der Waals surface area (Å²) >= 11 is 2.32. The molecule has 0 radical (unpaired) electrons. The van der Waals surface area contributed by atoms with Gasteiger partial charge in [-0.2, -0.15) is 0 Å². The van der Waals surface area contributed by atoms with E-state index in [1.54, 1.807) is 0 Å². The van der Waals surface area contributed by atoms with Gasteiger partial charge in [0.05, 0.1) is 3.70 Å². The molecule has 0 bridgehead atoms. The summed E-state index contributed by atoms with van der Waals surface area (Å²) in [5, 5.41) is 1.33. The molecule has 1 aromatic carbocycles. The lowest BCUT2D eigenvalue weighted by atomic mass is 10.2. The second-order valence-electron chi connectivity index (χ2n) is 2.61. The summed E-state index contributed by atoms with van der Waals surface area (Å²) < 4.78 is 1.24. The first-order chi connectivity index (χ1) is 5.29. The Labute approximate surface area is 78.9 Å². The largest absolute Gasteiger partial charge is 0.350 e. The molecule has 1 aromatic heterocycles. The van der Waals surface area contributed by atoms with Crippen LogP contribution in [0.5, 0.6) is 0 Å². The Morgan fingerprint density at radius 1 is 1.27 bits per heavy atom. The highest BCUT2D eigenvalue weighted by atomic mass is 127. The fourth-order valence-electron chi connectivity index (χ4n) is 1.25. The first-order valence-corrected chi connectivity index (χ1v) is 4.60. The molecule has 2 aromatic rings. The molecule has 1 nitrogen and oxygen atoms in total. The molecule has 0 aliphatic heterocycles. The molecule has 0 fully saturated rings. The van der Waals surface area contributed by atoms with Gasteiger partial charge in [-0.25, -0.2) is 0 Å². The number of rotatable bonds is 0. The Morgan fingerprint density at radius 3 is 2.73 bits per heavy atom. The van der Waals surface area contributed by atoms with Crippen molar-refractivity contribution in [3.05, 3.63) is 33.5 Å². The van der Waals surface area contributed by atoms with Crippen LogP contribution < -0.4 is 0 Å². The Morgan fingerprint density at radius 2 is 2.00 bits per heavy atom. The second kappa shape index (κ2) is 2.52. The maximum absolute atomic E-state index is 3.31. The van der Waals surface area contributed by atoms with E-state index in [2.05, 4.69) is 52.7 Å². The second-order valence-corrected chi connectivity index (χ2v) is 3.69. The van der Waals surface area contributed by atoms with Gasteiger partial charge in [-0.1, -0.05) is 18.2 Å². The quantitative estimate of drug-likeness (QED) is 0.698. The van der Waals surface area contributed by atoms with Crippen molar-refractivity contribution in [2.45, 2.75) is 6.92 Å². The molecule has 0 aliphatic rings. The average molecular weight is 257 g/mol. The van der Waals surface area contributed by atoms with Gasteiger partial charge in [0.1, 0.15) is 0 Å². The molecule has 0 atom stereocenters. The van der Waals surface area contributed by atoms with Crippen molar-refractivity contribution in [3.8, 4) is 0 Å². The van der Waals surface area contributed by atoms with Gasteiger partial charge in [-0.15, -0.1) is 0 Å².